The highest BCUT2D eigenvalue weighted by atomic mass is 16.6. The number of nitrogens with two attached hydrogens (primary N) is 1. The Kier molecular flexibility index (Phi) is 3.86. The number of carboxylic acids is 1. The summed E-state index contributed by atoms with van der Waals surface area (Å²) >= 11 is 0. The maximum Gasteiger partial charge on any atom is 0.414 e. The highest BCUT2D eigenvalue weighted by Gasteiger charge is 2.33. The lowest BCUT2D eigenvalue weighted by Gasteiger charge is -2.24. The van der Waals surface area contributed by atoms with Crippen LogP contribution in [0.3, 0.4) is 0 Å². The standard InChI is InChI=1S/C12H19N5O4/c1-12(2,3)21-11(20)15-10-14-8-4-6(9(18)19)7(13)5-17(8)16-10/h6-7H,4-5,13H2,1-3H3,(H,18,19)(H,15,16,20). The number of aliphatic carboxylic acids is 1. The Labute approximate surface area is 121 Å². The van der Waals surface area contributed by atoms with E-state index in [-0.39, 0.29) is 18.9 Å². The predicted molar refractivity (Wildman–Crippen MR) is 72.7 cm³/mol. The summed E-state index contributed by atoms with van der Waals surface area (Å²) in [6.07, 6.45) is -0.482. The van der Waals surface area contributed by atoms with Crippen molar-refractivity contribution in [3.8, 4) is 0 Å². The Morgan fingerprint density at radius 2 is 2.14 bits per heavy atom. The molecule has 0 spiro atoms. The van der Waals surface area contributed by atoms with Gasteiger partial charge in [-0.1, -0.05) is 0 Å². The summed E-state index contributed by atoms with van der Waals surface area (Å²) in [5, 5.41) is 15.6. The van der Waals surface area contributed by atoms with Crippen molar-refractivity contribution in [3.63, 3.8) is 0 Å². The van der Waals surface area contributed by atoms with Crippen LogP contribution in [-0.2, 0) is 22.5 Å². The van der Waals surface area contributed by atoms with Gasteiger partial charge in [0.15, 0.2) is 0 Å². The zero-order chi connectivity index (χ0) is 15.8. The van der Waals surface area contributed by atoms with E-state index in [9.17, 15) is 9.59 Å². The molecule has 2 atom stereocenters. The second-order valence-electron chi connectivity index (χ2n) is 5.97. The number of anilines is 1. The number of ether oxygens (including phenoxy) is 1. The first-order chi connectivity index (χ1) is 9.65. The number of hydrogen-bond acceptors (Lipinski definition) is 6. The van der Waals surface area contributed by atoms with E-state index >= 15 is 0 Å². The molecule has 1 amide bonds. The molecule has 1 aromatic rings. The Hall–Kier alpha value is -2.16. The van der Waals surface area contributed by atoms with Gasteiger partial charge in [0.25, 0.3) is 5.95 Å². The molecule has 0 aliphatic carbocycles. The number of hydrogen-bond donors (Lipinski definition) is 3. The largest absolute Gasteiger partial charge is 0.481 e. The van der Waals surface area contributed by atoms with E-state index in [1.165, 1.54) is 4.68 Å². The quantitative estimate of drug-likeness (QED) is 0.710. The fourth-order valence-corrected chi connectivity index (χ4v) is 2.06. The monoisotopic (exact) mass is 297 g/mol. The van der Waals surface area contributed by atoms with Crippen LogP contribution < -0.4 is 11.1 Å². The van der Waals surface area contributed by atoms with Gasteiger partial charge in [0, 0.05) is 12.5 Å². The fraction of sp³-hybridized carbons (Fsp3) is 0.667. The van der Waals surface area contributed by atoms with Crippen molar-refractivity contribution in [2.75, 3.05) is 5.32 Å². The van der Waals surface area contributed by atoms with Gasteiger partial charge < -0.3 is 15.6 Å². The van der Waals surface area contributed by atoms with Crippen LogP contribution >= 0.6 is 0 Å². The minimum absolute atomic E-state index is 0.0810. The average Bonchev–Trinajstić information content (AvgIpc) is 2.65. The molecule has 9 heteroatoms. The average molecular weight is 297 g/mol. The minimum Gasteiger partial charge on any atom is -0.481 e. The van der Waals surface area contributed by atoms with Gasteiger partial charge in [-0.3, -0.25) is 10.1 Å². The Bertz CT molecular complexity index is 562. The van der Waals surface area contributed by atoms with E-state index in [0.717, 1.165) is 0 Å². The van der Waals surface area contributed by atoms with Gasteiger partial charge in [0.2, 0.25) is 0 Å². The lowest BCUT2D eigenvalue weighted by molar-refractivity contribution is -0.143. The van der Waals surface area contributed by atoms with Crippen molar-refractivity contribution in [2.24, 2.45) is 11.7 Å². The zero-order valence-electron chi connectivity index (χ0n) is 12.2. The fourth-order valence-electron chi connectivity index (χ4n) is 2.06. The maximum atomic E-state index is 11.6. The van der Waals surface area contributed by atoms with Gasteiger partial charge in [-0.15, -0.1) is 5.10 Å². The van der Waals surface area contributed by atoms with Gasteiger partial charge in [-0.05, 0) is 20.8 Å². The molecule has 2 rings (SSSR count). The number of fused-ring (bicyclic) bond motifs is 1. The van der Waals surface area contributed by atoms with Crippen LogP contribution in [0.5, 0.6) is 0 Å². The van der Waals surface area contributed by atoms with E-state index in [0.29, 0.717) is 5.82 Å². The summed E-state index contributed by atoms with van der Waals surface area (Å²) in [5.41, 5.74) is 5.18. The number of nitrogens with one attached hydrogen (secondary N) is 1. The van der Waals surface area contributed by atoms with Crippen LogP contribution in [0, 0.1) is 5.92 Å². The molecule has 0 fully saturated rings. The van der Waals surface area contributed by atoms with Crippen molar-refractivity contribution in [3.05, 3.63) is 5.82 Å². The summed E-state index contributed by atoms with van der Waals surface area (Å²) in [5.74, 6) is -1.10. The number of amides is 1. The number of aromatic nitrogens is 3. The summed E-state index contributed by atoms with van der Waals surface area (Å²) in [7, 11) is 0. The molecule has 0 saturated carbocycles. The number of rotatable bonds is 2. The third-order valence-electron chi connectivity index (χ3n) is 2.98. The molecule has 0 radical (unpaired) electrons. The first-order valence-electron chi connectivity index (χ1n) is 6.58. The second kappa shape index (κ2) is 5.32. The topological polar surface area (TPSA) is 132 Å². The molecule has 1 aliphatic heterocycles. The molecule has 9 nitrogen and oxygen atoms in total. The van der Waals surface area contributed by atoms with Crippen LogP contribution in [0.2, 0.25) is 0 Å². The van der Waals surface area contributed by atoms with Crippen molar-refractivity contribution in [1.82, 2.24) is 14.8 Å². The molecule has 1 aromatic heterocycles. The van der Waals surface area contributed by atoms with Crippen LogP contribution in [0.25, 0.3) is 0 Å². The predicted octanol–water partition coefficient (Wildman–Crippen LogP) is 0.209. The molecule has 116 valence electrons. The van der Waals surface area contributed by atoms with Crippen molar-refractivity contribution >= 4 is 18.0 Å². The lowest BCUT2D eigenvalue weighted by atomic mass is 9.94. The van der Waals surface area contributed by atoms with E-state index in [1.54, 1.807) is 20.8 Å². The normalized spacial score (nSPS) is 21.5. The second-order valence-corrected chi connectivity index (χ2v) is 5.97. The lowest BCUT2D eigenvalue weighted by Crippen LogP contribution is -2.44. The smallest absolute Gasteiger partial charge is 0.414 e. The van der Waals surface area contributed by atoms with Crippen LogP contribution in [0.15, 0.2) is 0 Å². The van der Waals surface area contributed by atoms with Crippen LogP contribution in [-0.4, -0.2) is 43.6 Å². The van der Waals surface area contributed by atoms with Gasteiger partial charge in [-0.2, -0.15) is 4.98 Å². The van der Waals surface area contributed by atoms with E-state index in [1.807, 2.05) is 0 Å². The molecule has 0 saturated heterocycles. The molecule has 0 aromatic carbocycles. The number of carbonyl (C=O) groups excluding carboxylic acids is 1. The van der Waals surface area contributed by atoms with E-state index < -0.39 is 29.6 Å². The van der Waals surface area contributed by atoms with Crippen LogP contribution in [0.4, 0.5) is 10.7 Å². The highest BCUT2D eigenvalue weighted by Crippen LogP contribution is 2.20. The Morgan fingerprint density at radius 1 is 1.48 bits per heavy atom. The molecule has 2 heterocycles. The zero-order valence-corrected chi connectivity index (χ0v) is 12.2. The summed E-state index contributed by atoms with van der Waals surface area (Å²) in [6.45, 7) is 5.48. The maximum absolute atomic E-state index is 11.6. The molecular formula is C12H19N5O4. The van der Waals surface area contributed by atoms with Crippen LogP contribution in [0.1, 0.15) is 26.6 Å². The van der Waals surface area contributed by atoms with Crippen molar-refractivity contribution in [1.29, 1.82) is 0 Å². The SMILES string of the molecule is CC(C)(C)OC(=O)Nc1nc2n(n1)CC(N)C(C(=O)O)C2. The Morgan fingerprint density at radius 3 is 2.71 bits per heavy atom. The molecule has 21 heavy (non-hydrogen) atoms. The van der Waals surface area contributed by atoms with Crippen molar-refractivity contribution in [2.45, 2.75) is 45.4 Å². The van der Waals surface area contributed by atoms with Gasteiger partial charge >= 0.3 is 12.1 Å². The third kappa shape index (κ3) is 3.69. The molecule has 2 unspecified atom stereocenters. The first-order valence-corrected chi connectivity index (χ1v) is 6.58. The summed E-state index contributed by atoms with van der Waals surface area (Å²) < 4.78 is 6.61. The number of carboxylic acid groups (broad SMARTS) is 1. The molecular weight excluding hydrogens is 278 g/mol. The minimum atomic E-state index is -0.960. The molecule has 1 aliphatic rings. The first kappa shape index (κ1) is 15.2. The molecule has 4 N–H and O–H groups in total. The van der Waals surface area contributed by atoms with Gasteiger partial charge in [0.1, 0.15) is 11.4 Å². The van der Waals surface area contributed by atoms with E-state index in [2.05, 4.69) is 15.4 Å². The van der Waals surface area contributed by atoms with Gasteiger partial charge in [0.05, 0.1) is 12.5 Å². The third-order valence-corrected chi connectivity index (χ3v) is 2.98. The number of carbonyl (C=O) groups is 2. The molecule has 0 bridgehead atoms. The highest BCUT2D eigenvalue weighted by molar-refractivity contribution is 5.82. The number of nitrogens with zero attached hydrogens (tertiary/aromatic N) is 3. The Balaban J connectivity index is 2.08. The summed E-state index contributed by atoms with van der Waals surface area (Å²) in [6, 6.07) is -0.536. The van der Waals surface area contributed by atoms with Gasteiger partial charge in [-0.25, -0.2) is 9.48 Å². The van der Waals surface area contributed by atoms with E-state index in [4.69, 9.17) is 15.6 Å². The summed E-state index contributed by atoms with van der Waals surface area (Å²) in [4.78, 5) is 26.8. The van der Waals surface area contributed by atoms with Crippen molar-refractivity contribution < 1.29 is 19.4 Å².